The highest BCUT2D eigenvalue weighted by Crippen LogP contribution is 2.42. The first-order valence-corrected chi connectivity index (χ1v) is 27.5. The predicted octanol–water partition coefficient (Wildman–Crippen LogP) is 17.5. The van der Waals surface area contributed by atoms with E-state index >= 15 is 0 Å². The molecule has 0 radical (unpaired) electrons. The molecule has 5 aromatic heterocycles. The highest BCUT2D eigenvalue weighted by Gasteiger charge is 2.27. The third-order valence-corrected chi connectivity index (χ3v) is 16.1. The van der Waals surface area contributed by atoms with Crippen LogP contribution in [0.1, 0.15) is 213 Å². The van der Waals surface area contributed by atoms with Gasteiger partial charge in [-0.25, -0.2) is 9.97 Å². The van der Waals surface area contributed by atoms with Crippen LogP contribution in [-0.2, 0) is 38.5 Å². The minimum atomic E-state index is 0.857. The van der Waals surface area contributed by atoms with E-state index in [1.807, 2.05) is 22.7 Å². The highest BCUT2D eigenvalue weighted by atomic mass is 32.1. The number of nitrogens with zero attached hydrogens (tertiary/aromatic N) is 2. The lowest BCUT2D eigenvalue weighted by atomic mass is 9.94. The quantitative estimate of drug-likeness (QED) is 0.0640. The summed E-state index contributed by atoms with van der Waals surface area (Å²) in [6, 6.07) is 11.9. The van der Waals surface area contributed by atoms with Gasteiger partial charge in [0.1, 0.15) is 0 Å². The van der Waals surface area contributed by atoms with Crippen molar-refractivity contribution in [1.82, 2.24) is 19.9 Å². The Morgan fingerprint density at radius 3 is 1.44 bits per heavy atom. The number of unbranched alkanes of at least 4 members (excludes halogenated alkanes) is 6. The minimum Gasteiger partial charge on any atom is -0.355 e. The molecule has 7 heterocycles. The second-order valence-electron chi connectivity index (χ2n) is 18.0. The Morgan fingerprint density at radius 2 is 0.955 bits per heavy atom. The summed E-state index contributed by atoms with van der Waals surface area (Å²) in [5.41, 5.74) is 23.0. The molecule has 2 aliphatic heterocycles. The van der Waals surface area contributed by atoms with Crippen molar-refractivity contribution in [3.63, 3.8) is 0 Å². The maximum Gasteiger partial charge on any atom is 0.0851 e. The lowest BCUT2D eigenvalue weighted by molar-refractivity contribution is 0.667. The first-order valence-electron chi connectivity index (χ1n) is 25.8. The van der Waals surface area contributed by atoms with Gasteiger partial charge in [0.2, 0.25) is 0 Å². The fourth-order valence-electron chi connectivity index (χ4n) is 10.5. The van der Waals surface area contributed by atoms with E-state index in [-0.39, 0.29) is 0 Å². The van der Waals surface area contributed by atoms with Gasteiger partial charge in [0.05, 0.1) is 33.2 Å². The Balaban J connectivity index is 1.47. The summed E-state index contributed by atoms with van der Waals surface area (Å²) in [6.07, 6.45) is 19.6. The molecule has 0 unspecified atom stereocenters. The SMILES string of the molecule is CCCCCCc1csc(-c2cc(CCCCCC)c(C#CC#Cc3c4nc(cc5[nH]c(cc6[nH]c(cc7nc3C(CC)=C7CC)c(CC)c6CC)c(CC)c5CC)C(CC)=C4CC)s2)c1. The van der Waals surface area contributed by atoms with Gasteiger partial charge < -0.3 is 9.97 Å². The Bertz CT molecular complexity index is 2770. The molecule has 0 amide bonds. The van der Waals surface area contributed by atoms with E-state index in [4.69, 9.17) is 9.97 Å². The van der Waals surface area contributed by atoms with Crippen LogP contribution in [0.25, 0.3) is 54.1 Å². The molecule has 5 aromatic rings. The molecule has 7 rings (SSSR count). The smallest absolute Gasteiger partial charge is 0.0851 e. The summed E-state index contributed by atoms with van der Waals surface area (Å²) in [6.45, 7) is 22.8. The highest BCUT2D eigenvalue weighted by molar-refractivity contribution is 7.21. The third kappa shape index (κ3) is 10.3. The zero-order valence-electron chi connectivity index (χ0n) is 41.9. The molecule has 0 aliphatic carbocycles. The Morgan fingerprint density at radius 1 is 0.470 bits per heavy atom. The topological polar surface area (TPSA) is 57.4 Å². The van der Waals surface area contributed by atoms with Crippen LogP contribution in [-0.4, -0.2) is 19.9 Å². The molecule has 0 atom stereocenters. The van der Waals surface area contributed by atoms with E-state index < -0.39 is 0 Å². The predicted molar refractivity (Wildman–Crippen MR) is 290 cm³/mol. The molecular formula is C60H74N4S2. The van der Waals surface area contributed by atoms with E-state index in [0.29, 0.717) is 0 Å². The van der Waals surface area contributed by atoms with Gasteiger partial charge in [0.15, 0.2) is 0 Å². The number of thiophene rings is 2. The Kier molecular flexibility index (Phi) is 17.3. The van der Waals surface area contributed by atoms with Crippen LogP contribution < -0.4 is 0 Å². The number of aromatic nitrogens is 4. The van der Waals surface area contributed by atoms with Crippen molar-refractivity contribution < 1.29 is 0 Å². The van der Waals surface area contributed by atoms with E-state index in [2.05, 4.69) is 139 Å². The van der Waals surface area contributed by atoms with Gasteiger partial charge in [-0.2, -0.15) is 0 Å². The second kappa shape index (κ2) is 23.2. The summed E-state index contributed by atoms with van der Waals surface area (Å²) in [4.78, 5) is 22.9. The fourth-order valence-corrected chi connectivity index (χ4v) is 12.6. The number of hydrogen-bond donors (Lipinski definition) is 2. The van der Waals surface area contributed by atoms with Crippen molar-refractivity contribution in [3.8, 4) is 33.4 Å². The fraction of sp³-hybridized carbons (Fsp3) is 0.467. The normalized spacial score (nSPS) is 12.5. The molecule has 0 saturated heterocycles. The van der Waals surface area contributed by atoms with Crippen molar-refractivity contribution in [2.75, 3.05) is 0 Å². The molecule has 0 saturated carbocycles. The monoisotopic (exact) mass is 915 g/mol. The number of fused-ring (bicyclic) bond motifs is 8. The summed E-state index contributed by atoms with van der Waals surface area (Å²) >= 11 is 3.73. The zero-order chi connectivity index (χ0) is 46.7. The van der Waals surface area contributed by atoms with E-state index in [9.17, 15) is 0 Å². The van der Waals surface area contributed by atoms with Crippen LogP contribution in [0.4, 0.5) is 0 Å². The maximum absolute atomic E-state index is 5.60. The van der Waals surface area contributed by atoms with Gasteiger partial charge in [-0.1, -0.05) is 108 Å². The molecule has 2 N–H and O–H groups in total. The van der Waals surface area contributed by atoms with Crippen LogP contribution in [0, 0.1) is 23.7 Å². The van der Waals surface area contributed by atoms with Gasteiger partial charge in [-0.3, -0.25) is 0 Å². The van der Waals surface area contributed by atoms with Crippen LogP contribution in [0.5, 0.6) is 0 Å². The van der Waals surface area contributed by atoms with Crippen LogP contribution in [0.3, 0.4) is 0 Å². The standard InChI is InChI=1S/C60H74N4S2/c1-11-21-23-25-29-39-33-57(65-38-39)58-34-40(30-26-24-22-12-2)56(66-58)32-28-27-31-49-59-47(19-9)45(17-7)54(63-59)36-52-43(15-5)41(13-3)50(61-52)35-51-42(14-4)44(16-6)53(62-51)37-55-46(18-8)48(20-10)60(49)64-55/h33-38,61-62H,11-26,29-30H2,1-10H3. The number of hydrogen-bond acceptors (Lipinski definition) is 4. The molecule has 6 heteroatoms. The number of aryl methyl sites for hydroxylation is 6. The van der Waals surface area contributed by atoms with Crippen molar-refractivity contribution >= 4 is 67.0 Å². The second-order valence-corrected chi connectivity index (χ2v) is 19.9. The summed E-state index contributed by atoms with van der Waals surface area (Å²) in [5.74, 6) is 14.1. The number of H-pyrrole nitrogens is 2. The molecule has 0 spiro atoms. The molecule has 4 nitrogen and oxygen atoms in total. The summed E-state index contributed by atoms with van der Waals surface area (Å²) in [7, 11) is 0. The van der Waals surface area contributed by atoms with Gasteiger partial charge in [-0.05, 0) is 192 Å². The minimum absolute atomic E-state index is 0.857. The molecule has 0 fully saturated rings. The molecule has 66 heavy (non-hydrogen) atoms. The molecule has 8 bridgehead atoms. The van der Waals surface area contributed by atoms with Crippen LogP contribution in [0.2, 0.25) is 0 Å². The van der Waals surface area contributed by atoms with E-state index in [1.54, 1.807) is 0 Å². The van der Waals surface area contributed by atoms with Crippen molar-refractivity contribution in [2.45, 2.75) is 185 Å². The van der Waals surface area contributed by atoms with Crippen molar-refractivity contribution in [2.24, 2.45) is 0 Å². The van der Waals surface area contributed by atoms with Crippen molar-refractivity contribution in [3.05, 3.63) is 102 Å². The molecule has 0 aromatic carbocycles. The van der Waals surface area contributed by atoms with Gasteiger partial charge in [0.25, 0.3) is 0 Å². The van der Waals surface area contributed by atoms with E-state index in [0.717, 1.165) is 102 Å². The molecule has 346 valence electrons. The molecule has 2 aliphatic rings. The van der Waals surface area contributed by atoms with Crippen molar-refractivity contribution in [1.29, 1.82) is 0 Å². The first-order chi connectivity index (χ1) is 32.3. The zero-order valence-corrected chi connectivity index (χ0v) is 43.5. The van der Waals surface area contributed by atoms with Gasteiger partial charge in [-0.15, -0.1) is 22.7 Å². The van der Waals surface area contributed by atoms with Crippen LogP contribution >= 0.6 is 22.7 Å². The number of aromatic amines is 2. The largest absolute Gasteiger partial charge is 0.355 e. The average Bonchev–Trinajstić information content (AvgIpc) is 4.19. The molecular weight excluding hydrogens is 841 g/mol. The lowest BCUT2D eigenvalue weighted by Crippen LogP contribution is -1.95. The maximum atomic E-state index is 5.60. The summed E-state index contributed by atoms with van der Waals surface area (Å²) in [5, 5.41) is 2.37. The number of rotatable bonds is 19. The number of nitrogens with one attached hydrogen (secondary N) is 2. The van der Waals surface area contributed by atoms with Gasteiger partial charge >= 0.3 is 0 Å². The van der Waals surface area contributed by atoms with E-state index in [1.165, 1.54) is 134 Å². The average molecular weight is 915 g/mol. The number of allylic oxidation sites excluding steroid dienone is 4. The first kappa shape index (κ1) is 49.0. The Hall–Kier alpha value is -4.88. The van der Waals surface area contributed by atoms with Gasteiger partial charge in [0, 0.05) is 31.8 Å². The third-order valence-electron chi connectivity index (χ3n) is 13.9. The van der Waals surface area contributed by atoms with Crippen LogP contribution in [0.15, 0.2) is 35.7 Å². The summed E-state index contributed by atoms with van der Waals surface area (Å²) < 4.78 is 0. The Labute approximate surface area is 405 Å². The lowest BCUT2D eigenvalue weighted by Gasteiger charge is -2.08.